The highest BCUT2D eigenvalue weighted by Gasteiger charge is 2.33. The van der Waals surface area contributed by atoms with Crippen molar-refractivity contribution < 1.29 is 9.47 Å². The highest BCUT2D eigenvalue weighted by molar-refractivity contribution is 5.44. The van der Waals surface area contributed by atoms with Gasteiger partial charge in [0.05, 0.1) is 0 Å². The number of hydrogen-bond donors (Lipinski definition) is 1. The molecule has 3 heteroatoms. The third-order valence-electron chi connectivity index (χ3n) is 3.53. The van der Waals surface area contributed by atoms with Crippen LogP contribution in [0.25, 0.3) is 0 Å². The molecule has 110 valence electrons. The van der Waals surface area contributed by atoms with E-state index < -0.39 is 0 Å². The first-order valence-corrected chi connectivity index (χ1v) is 7.18. The number of fused-ring (bicyclic) bond motifs is 1. The molecule has 1 aromatic rings. The van der Waals surface area contributed by atoms with E-state index >= 15 is 0 Å². The van der Waals surface area contributed by atoms with Crippen LogP contribution in [0.3, 0.4) is 0 Å². The second-order valence-corrected chi connectivity index (χ2v) is 6.20. The molecule has 1 N–H and O–H groups in total. The Morgan fingerprint density at radius 3 is 2.85 bits per heavy atom. The molecular formula is C17H25NO2. The number of ether oxygens (including phenoxy) is 2. The van der Waals surface area contributed by atoms with Gasteiger partial charge in [-0.05, 0) is 46.9 Å². The number of rotatable bonds is 4. The van der Waals surface area contributed by atoms with Gasteiger partial charge in [0.1, 0.15) is 23.7 Å². The lowest BCUT2D eigenvalue weighted by Gasteiger charge is -2.37. The second-order valence-electron chi connectivity index (χ2n) is 6.20. The summed E-state index contributed by atoms with van der Waals surface area (Å²) in [5.74, 6) is 1.78. The standard InChI is InChI=1S/C17H25NO2/c1-12(2)8-9-19-13-6-7-14-15(18-5)11-17(3,4)20-16(14)10-13/h6-8,10,15,18H,9,11H2,1-5H3. The molecule has 1 aliphatic rings. The van der Waals surface area contributed by atoms with Crippen LogP contribution in [0.5, 0.6) is 11.5 Å². The highest BCUT2D eigenvalue weighted by atomic mass is 16.5. The van der Waals surface area contributed by atoms with Crippen molar-refractivity contribution in [2.24, 2.45) is 0 Å². The van der Waals surface area contributed by atoms with Crippen molar-refractivity contribution >= 4 is 0 Å². The molecule has 3 nitrogen and oxygen atoms in total. The van der Waals surface area contributed by atoms with E-state index in [1.54, 1.807) is 0 Å². The van der Waals surface area contributed by atoms with Crippen molar-refractivity contribution in [1.29, 1.82) is 0 Å². The average Bonchev–Trinajstić information content (AvgIpc) is 2.35. The van der Waals surface area contributed by atoms with Crippen molar-refractivity contribution in [3.63, 3.8) is 0 Å². The van der Waals surface area contributed by atoms with Gasteiger partial charge in [-0.25, -0.2) is 0 Å². The van der Waals surface area contributed by atoms with Gasteiger partial charge < -0.3 is 14.8 Å². The van der Waals surface area contributed by atoms with Gasteiger partial charge in [0.2, 0.25) is 0 Å². The first kappa shape index (κ1) is 14.9. The lowest BCUT2D eigenvalue weighted by molar-refractivity contribution is 0.0671. The first-order valence-electron chi connectivity index (χ1n) is 7.18. The molecule has 20 heavy (non-hydrogen) atoms. The Kier molecular flexibility index (Phi) is 4.39. The van der Waals surface area contributed by atoms with Gasteiger partial charge in [-0.2, -0.15) is 0 Å². The topological polar surface area (TPSA) is 30.5 Å². The zero-order valence-electron chi connectivity index (χ0n) is 13.1. The van der Waals surface area contributed by atoms with Crippen molar-refractivity contribution in [2.75, 3.05) is 13.7 Å². The van der Waals surface area contributed by atoms with Gasteiger partial charge in [-0.15, -0.1) is 0 Å². The Labute approximate surface area is 122 Å². The summed E-state index contributed by atoms with van der Waals surface area (Å²) in [5.41, 5.74) is 2.32. The molecule has 1 heterocycles. The molecule has 1 unspecified atom stereocenters. The number of nitrogens with one attached hydrogen (secondary N) is 1. The highest BCUT2D eigenvalue weighted by Crippen LogP contribution is 2.40. The summed E-state index contributed by atoms with van der Waals surface area (Å²) in [4.78, 5) is 0. The predicted molar refractivity (Wildman–Crippen MR) is 82.5 cm³/mol. The fourth-order valence-electron chi connectivity index (χ4n) is 2.48. The van der Waals surface area contributed by atoms with Crippen molar-refractivity contribution in [3.05, 3.63) is 35.4 Å². The summed E-state index contributed by atoms with van der Waals surface area (Å²) in [6.07, 6.45) is 3.04. The lowest BCUT2D eigenvalue weighted by atomic mass is 9.90. The molecule has 1 atom stereocenters. The molecule has 0 radical (unpaired) electrons. The third-order valence-corrected chi connectivity index (χ3v) is 3.53. The zero-order chi connectivity index (χ0) is 14.8. The Bertz CT molecular complexity index is 502. The van der Waals surface area contributed by atoms with Crippen LogP contribution in [0.15, 0.2) is 29.8 Å². The Balaban J connectivity index is 2.19. The quantitative estimate of drug-likeness (QED) is 0.847. The van der Waals surface area contributed by atoms with E-state index in [9.17, 15) is 0 Å². The van der Waals surface area contributed by atoms with E-state index in [-0.39, 0.29) is 5.60 Å². The minimum Gasteiger partial charge on any atom is -0.489 e. The molecule has 0 saturated carbocycles. The van der Waals surface area contributed by atoms with Crippen molar-refractivity contribution in [1.82, 2.24) is 5.32 Å². The summed E-state index contributed by atoms with van der Waals surface area (Å²) >= 11 is 0. The van der Waals surface area contributed by atoms with Gasteiger partial charge in [0.25, 0.3) is 0 Å². The van der Waals surface area contributed by atoms with Crippen molar-refractivity contribution in [3.8, 4) is 11.5 Å². The second kappa shape index (κ2) is 5.88. The zero-order valence-corrected chi connectivity index (χ0v) is 13.1. The third kappa shape index (κ3) is 3.54. The first-order chi connectivity index (χ1) is 9.41. The van der Waals surface area contributed by atoms with Crippen LogP contribution in [-0.4, -0.2) is 19.3 Å². The Hall–Kier alpha value is -1.48. The van der Waals surface area contributed by atoms with Crippen LogP contribution in [0, 0.1) is 0 Å². The summed E-state index contributed by atoms with van der Waals surface area (Å²) in [5, 5.41) is 3.36. The van der Waals surface area contributed by atoms with Gasteiger partial charge in [-0.1, -0.05) is 11.6 Å². The summed E-state index contributed by atoms with van der Waals surface area (Å²) in [7, 11) is 2.00. The van der Waals surface area contributed by atoms with E-state index in [1.807, 2.05) is 19.2 Å². The van der Waals surface area contributed by atoms with E-state index in [0.717, 1.165) is 17.9 Å². The van der Waals surface area contributed by atoms with Gasteiger partial charge >= 0.3 is 0 Å². The summed E-state index contributed by atoms with van der Waals surface area (Å²) in [6, 6.07) is 6.45. The van der Waals surface area contributed by atoms with E-state index in [2.05, 4.69) is 45.2 Å². The van der Waals surface area contributed by atoms with Crippen molar-refractivity contribution in [2.45, 2.75) is 45.8 Å². The molecule has 1 aromatic carbocycles. The van der Waals surface area contributed by atoms with Gasteiger partial charge in [-0.3, -0.25) is 0 Å². The van der Waals surface area contributed by atoms with Crippen LogP contribution in [-0.2, 0) is 0 Å². The lowest BCUT2D eigenvalue weighted by Crippen LogP contribution is -2.38. The molecule has 2 rings (SSSR count). The molecule has 1 aliphatic heterocycles. The van der Waals surface area contributed by atoms with Gasteiger partial charge in [0.15, 0.2) is 0 Å². The minimum absolute atomic E-state index is 0.154. The smallest absolute Gasteiger partial charge is 0.128 e. The largest absolute Gasteiger partial charge is 0.489 e. The maximum atomic E-state index is 6.08. The maximum absolute atomic E-state index is 6.08. The Morgan fingerprint density at radius 2 is 2.20 bits per heavy atom. The fraction of sp³-hybridized carbons (Fsp3) is 0.529. The van der Waals surface area contributed by atoms with E-state index in [4.69, 9.17) is 9.47 Å². The average molecular weight is 275 g/mol. The van der Waals surface area contributed by atoms with Crippen LogP contribution in [0.2, 0.25) is 0 Å². The number of benzene rings is 1. The van der Waals surface area contributed by atoms with E-state index in [1.165, 1.54) is 11.1 Å². The molecule has 0 spiro atoms. The van der Waals surface area contributed by atoms with Crippen LogP contribution in [0.4, 0.5) is 0 Å². The SMILES string of the molecule is CNC1CC(C)(C)Oc2cc(OCC=C(C)C)ccc21. The minimum atomic E-state index is -0.154. The molecule has 0 aromatic heterocycles. The molecule has 0 bridgehead atoms. The number of allylic oxidation sites excluding steroid dienone is 1. The monoisotopic (exact) mass is 275 g/mol. The fourth-order valence-corrected chi connectivity index (χ4v) is 2.48. The summed E-state index contributed by atoms with van der Waals surface area (Å²) < 4.78 is 11.8. The van der Waals surface area contributed by atoms with Crippen LogP contribution in [0.1, 0.15) is 45.7 Å². The molecule has 0 aliphatic carbocycles. The van der Waals surface area contributed by atoms with E-state index in [0.29, 0.717) is 12.6 Å². The number of hydrogen-bond acceptors (Lipinski definition) is 3. The normalized spacial score (nSPS) is 19.8. The van der Waals surface area contributed by atoms with Crippen LogP contribution >= 0.6 is 0 Å². The molecule has 0 amide bonds. The Morgan fingerprint density at radius 1 is 1.45 bits per heavy atom. The molecule has 0 saturated heterocycles. The van der Waals surface area contributed by atoms with Crippen LogP contribution < -0.4 is 14.8 Å². The molecular weight excluding hydrogens is 250 g/mol. The van der Waals surface area contributed by atoms with Gasteiger partial charge in [0, 0.05) is 24.1 Å². The maximum Gasteiger partial charge on any atom is 0.128 e. The predicted octanol–water partition coefficient (Wildman–Crippen LogP) is 3.85. The molecule has 0 fully saturated rings. The summed E-state index contributed by atoms with van der Waals surface area (Å²) in [6.45, 7) is 8.98.